The van der Waals surface area contributed by atoms with Crippen LogP contribution >= 0.6 is 0 Å². The molecule has 0 bridgehead atoms. The van der Waals surface area contributed by atoms with Crippen LogP contribution in [0.5, 0.6) is 5.75 Å². The van der Waals surface area contributed by atoms with Crippen molar-refractivity contribution in [3.05, 3.63) is 35.4 Å². The molecule has 5 nitrogen and oxygen atoms in total. The van der Waals surface area contributed by atoms with Crippen LogP contribution < -0.4 is 10.5 Å². The quantitative estimate of drug-likeness (QED) is 0.818. The van der Waals surface area contributed by atoms with Crippen molar-refractivity contribution in [3.8, 4) is 5.75 Å². The summed E-state index contributed by atoms with van der Waals surface area (Å²) in [4.78, 5) is 0. The van der Waals surface area contributed by atoms with Gasteiger partial charge in [0.05, 0.1) is 6.20 Å². The Morgan fingerprint density at radius 3 is 2.88 bits per heavy atom. The van der Waals surface area contributed by atoms with E-state index in [1.807, 2.05) is 0 Å². The minimum atomic E-state index is -0.475. The summed E-state index contributed by atoms with van der Waals surface area (Å²) >= 11 is 0. The van der Waals surface area contributed by atoms with Crippen LogP contribution in [-0.2, 0) is 13.7 Å². The van der Waals surface area contributed by atoms with Gasteiger partial charge < -0.3 is 10.5 Å². The van der Waals surface area contributed by atoms with Gasteiger partial charge in [-0.3, -0.25) is 4.68 Å². The normalized spacial score (nSPS) is 10.5. The molecule has 0 aliphatic carbocycles. The predicted molar refractivity (Wildman–Crippen MR) is 60.9 cm³/mol. The third-order valence-corrected chi connectivity index (χ3v) is 2.35. The summed E-state index contributed by atoms with van der Waals surface area (Å²) in [5.41, 5.74) is 7.41. The van der Waals surface area contributed by atoms with Crippen LogP contribution in [0.1, 0.15) is 11.3 Å². The SMILES string of the molecule is Cc1cc(OCc2cn(C)nn2)c(F)cc1N. The van der Waals surface area contributed by atoms with Gasteiger partial charge >= 0.3 is 0 Å². The first-order valence-corrected chi connectivity index (χ1v) is 5.10. The van der Waals surface area contributed by atoms with E-state index < -0.39 is 5.82 Å². The molecule has 0 spiro atoms. The van der Waals surface area contributed by atoms with Crippen molar-refractivity contribution in [2.24, 2.45) is 7.05 Å². The van der Waals surface area contributed by atoms with Crippen LogP contribution in [0.15, 0.2) is 18.3 Å². The maximum atomic E-state index is 13.5. The summed E-state index contributed by atoms with van der Waals surface area (Å²) in [6.07, 6.45) is 1.71. The fourth-order valence-electron chi connectivity index (χ4n) is 1.39. The summed E-state index contributed by atoms with van der Waals surface area (Å²) in [5, 5.41) is 7.60. The average Bonchev–Trinajstić information content (AvgIpc) is 2.68. The van der Waals surface area contributed by atoms with Crippen LogP contribution in [0.25, 0.3) is 0 Å². The summed E-state index contributed by atoms with van der Waals surface area (Å²) in [6.45, 7) is 1.97. The largest absolute Gasteiger partial charge is 0.484 e. The van der Waals surface area contributed by atoms with Crippen molar-refractivity contribution in [1.29, 1.82) is 0 Å². The Balaban J connectivity index is 2.11. The summed E-state index contributed by atoms with van der Waals surface area (Å²) in [6, 6.07) is 2.82. The molecule has 0 amide bonds. The Morgan fingerprint density at radius 2 is 2.24 bits per heavy atom. The highest BCUT2D eigenvalue weighted by atomic mass is 19.1. The number of benzene rings is 1. The van der Waals surface area contributed by atoms with Gasteiger partial charge in [0, 0.05) is 18.8 Å². The first kappa shape index (κ1) is 11.4. The second-order valence-corrected chi connectivity index (χ2v) is 3.81. The minimum Gasteiger partial charge on any atom is -0.484 e. The number of hydrogen-bond acceptors (Lipinski definition) is 4. The highest BCUT2D eigenvalue weighted by molar-refractivity contribution is 5.50. The molecular formula is C11H13FN4O. The predicted octanol–water partition coefficient (Wildman–Crippen LogP) is 1.42. The van der Waals surface area contributed by atoms with Crippen molar-refractivity contribution in [2.75, 3.05) is 5.73 Å². The van der Waals surface area contributed by atoms with Gasteiger partial charge in [-0.05, 0) is 18.6 Å². The lowest BCUT2D eigenvalue weighted by atomic mass is 10.2. The summed E-state index contributed by atoms with van der Waals surface area (Å²) in [7, 11) is 1.75. The minimum absolute atomic E-state index is 0.169. The van der Waals surface area contributed by atoms with E-state index in [4.69, 9.17) is 10.5 Å². The van der Waals surface area contributed by atoms with E-state index in [9.17, 15) is 4.39 Å². The number of ether oxygens (including phenoxy) is 1. The number of rotatable bonds is 3. The molecule has 90 valence electrons. The molecule has 0 atom stereocenters. The topological polar surface area (TPSA) is 66.0 Å². The summed E-state index contributed by atoms with van der Waals surface area (Å²) < 4.78 is 20.4. The molecule has 0 unspecified atom stereocenters. The first-order chi connectivity index (χ1) is 8.06. The van der Waals surface area contributed by atoms with E-state index in [0.717, 1.165) is 5.56 Å². The van der Waals surface area contributed by atoms with Gasteiger partial charge in [-0.25, -0.2) is 4.39 Å². The number of aromatic nitrogens is 3. The van der Waals surface area contributed by atoms with Crippen molar-refractivity contribution in [2.45, 2.75) is 13.5 Å². The monoisotopic (exact) mass is 236 g/mol. The highest BCUT2D eigenvalue weighted by Crippen LogP contribution is 2.24. The number of nitrogens with two attached hydrogens (primary N) is 1. The molecule has 0 saturated carbocycles. The Kier molecular flexibility index (Phi) is 2.95. The van der Waals surface area contributed by atoms with Crippen LogP contribution in [0.4, 0.5) is 10.1 Å². The molecular weight excluding hydrogens is 223 g/mol. The van der Waals surface area contributed by atoms with Crippen molar-refractivity contribution in [1.82, 2.24) is 15.0 Å². The van der Waals surface area contributed by atoms with Crippen LogP contribution in [-0.4, -0.2) is 15.0 Å². The molecule has 6 heteroatoms. The molecule has 0 saturated heterocycles. The van der Waals surface area contributed by atoms with Gasteiger partial charge in [0.1, 0.15) is 12.3 Å². The molecule has 0 radical (unpaired) electrons. The van der Waals surface area contributed by atoms with Gasteiger partial charge in [-0.1, -0.05) is 5.21 Å². The molecule has 0 aliphatic heterocycles. The highest BCUT2D eigenvalue weighted by Gasteiger charge is 2.08. The number of nitrogen functional groups attached to an aromatic ring is 1. The lowest BCUT2D eigenvalue weighted by Gasteiger charge is -2.08. The van der Waals surface area contributed by atoms with Gasteiger partial charge in [0.2, 0.25) is 0 Å². The first-order valence-electron chi connectivity index (χ1n) is 5.10. The molecule has 1 aromatic carbocycles. The van der Waals surface area contributed by atoms with Crippen LogP contribution in [0.3, 0.4) is 0 Å². The van der Waals surface area contributed by atoms with Gasteiger partial charge in [-0.15, -0.1) is 5.10 Å². The second kappa shape index (κ2) is 4.40. The van der Waals surface area contributed by atoms with Crippen LogP contribution in [0.2, 0.25) is 0 Å². The lowest BCUT2D eigenvalue weighted by Crippen LogP contribution is -2.00. The van der Waals surface area contributed by atoms with E-state index in [1.165, 1.54) is 6.07 Å². The summed E-state index contributed by atoms with van der Waals surface area (Å²) in [5.74, 6) is -0.306. The van der Waals surface area contributed by atoms with Gasteiger partial charge in [-0.2, -0.15) is 0 Å². The fraction of sp³-hybridized carbons (Fsp3) is 0.273. The Hall–Kier alpha value is -2.11. The van der Waals surface area contributed by atoms with Gasteiger partial charge in [0.25, 0.3) is 0 Å². The fourth-order valence-corrected chi connectivity index (χ4v) is 1.39. The third-order valence-electron chi connectivity index (χ3n) is 2.35. The standard InChI is InChI=1S/C11H13FN4O/c1-7-3-11(9(12)4-10(7)13)17-6-8-5-16(2)15-14-8/h3-5H,6,13H2,1-2H3. The Morgan fingerprint density at radius 1 is 1.47 bits per heavy atom. The molecule has 2 rings (SSSR count). The average molecular weight is 236 g/mol. The molecule has 0 fully saturated rings. The smallest absolute Gasteiger partial charge is 0.167 e. The number of nitrogens with zero attached hydrogens (tertiary/aromatic N) is 3. The van der Waals surface area contributed by atoms with Gasteiger partial charge in [0.15, 0.2) is 11.6 Å². The molecule has 1 heterocycles. The van der Waals surface area contributed by atoms with E-state index in [0.29, 0.717) is 11.4 Å². The second-order valence-electron chi connectivity index (χ2n) is 3.81. The Bertz CT molecular complexity index is 538. The van der Waals surface area contributed by atoms with Crippen molar-refractivity contribution in [3.63, 3.8) is 0 Å². The lowest BCUT2D eigenvalue weighted by molar-refractivity contribution is 0.285. The number of anilines is 1. The van der Waals surface area contributed by atoms with Crippen LogP contribution in [0, 0.1) is 12.7 Å². The maximum absolute atomic E-state index is 13.5. The molecule has 1 aromatic heterocycles. The van der Waals surface area contributed by atoms with Crippen molar-refractivity contribution >= 4 is 5.69 Å². The number of hydrogen-bond donors (Lipinski definition) is 1. The zero-order valence-corrected chi connectivity index (χ0v) is 9.64. The van der Waals surface area contributed by atoms with Crippen molar-refractivity contribution < 1.29 is 9.13 Å². The maximum Gasteiger partial charge on any atom is 0.167 e. The number of halogens is 1. The Labute approximate surface area is 98.0 Å². The molecule has 2 N–H and O–H groups in total. The van der Waals surface area contributed by atoms with E-state index >= 15 is 0 Å². The molecule has 17 heavy (non-hydrogen) atoms. The van der Waals surface area contributed by atoms with E-state index in [-0.39, 0.29) is 12.4 Å². The third kappa shape index (κ3) is 2.52. The van der Waals surface area contributed by atoms with E-state index in [1.54, 1.807) is 30.9 Å². The zero-order valence-electron chi connectivity index (χ0n) is 9.64. The number of aryl methyl sites for hydroxylation is 2. The molecule has 2 aromatic rings. The van der Waals surface area contributed by atoms with E-state index in [2.05, 4.69) is 10.3 Å². The molecule has 0 aliphatic rings. The zero-order chi connectivity index (χ0) is 12.4.